The summed E-state index contributed by atoms with van der Waals surface area (Å²) in [5, 5.41) is 7.27. The maximum Gasteiger partial charge on any atom is 0.243 e. The van der Waals surface area contributed by atoms with Crippen molar-refractivity contribution in [1.29, 1.82) is 0 Å². The number of nitrogens with zero attached hydrogens (tertiary/aromatic N) is 3. The molecule has 0 atom stereocenters. The molecule has 0 bridgehead atoms. The monoisotopic (exact) mass is 505 g/mol. The summed E-state index contributed by atoms with van der Waals surface area (Å²) in [4.78, 5) is 20.9. The van der Waals surface area contributed by atoms with Crippen LogP contribution in [0.1, 0.15) is 70.6 Å². The third-order valence-electron chi connectivity index (χ3n) is 6.53. The van der Waals surface area contributed by atoms with Crippen molar-refractivity contribution in [2.45, 2.75) is 88.8 Å². The zero-order valence-electron chi connectivity index (χ0n) is 17.8. The number of carbonyl (C=O) groups excluding carboxylic acids is 1. The fraction of sp³-hybridized carbons (Fsp3) is 0.905. The molecule has 1 aliphatic heterocycles. The Labute approximate surface area is 188 Å². The van der Waals surface area contributed by atoms with Gasteiger partial charge in [-0.15, -0.1) is 24.0 Å². The molecule has 1 amide bonds. The van der Waals surface area contributed by atoms with Crippen molar-refractivity contribution in [3.63, 3.8) is 0 Å². The van der Waals surface area contributed by atoms with E-state index in [2.05, 4.69) is 20.5 Å². The molecule has 0 aromatic carbocycles. The Balaban J connectivity index is 0.00000280. The fourth-order valence-electron chi connectivity index (χ4n) is 4.73. The van der Waals surface area contributed by atoms with Gasteiger partial charge in [-0.1, -0.05) is 32.1 Å². The second-order valence-electron chi connectivity index (χ2n) is 8.83. The third kappa shape index (κ3) is 7.35. The first kappa shape index (κ1) is 23.7. The summed E-state index contributed by atoms with van der Waals surface area (Å²) in [6, 6.07) is 1.79. The molecular formula is C21H40IN5O. The third-order valence-corrected chi connectivity index (χ3v) is 6.53. The van der Waals surface area contributed by atoms with Gasteiger partial charge in [0.05, 0.1) is 0 Å². The quantitative estimate of drug-likeness (QED) is 0.343. The van der Waals surface area contributed by atoms with Crippen LogP contribution in [0, 0.1) is 0 Å². The average molecular weight is 505 g/mol. The number of likely N-dealkylation sites (N-methyl/N-ethyl adjacent to an activating group) is 1. The Kier molecular flexibility index (Phi) is 10.3. The van der Waals surface area contributed by atoms with Crippen molar-refractivity contribution in [3.05, 3.63) is 0 Å². The summed E-state index contributed by atoms with van der Waals surface area (Å²) in [7, 11) is 3.58. The molecule has 0 aromatic heterocycles. The number of likely N-dealkylation sites (tertiary alicyclic amines) is 1. The van der Waals surface area contributed by atoms with E-state index in [0.29, 0.717) is 12.1 Å². The molecule has 2 saturated carbocycles. The number of piperidine rings is 1. The van der Waals surface area contributed by atoms with E-state index in [4.69, 9.17) is 0 Å². The zero-order chi connectivity index (χ0) is 19.1. The van der Waals surface area contributed by atoms with Crippen LogP contribution in [0.4, 0.5) is 0 Å². The number of aliphatic imine (C=N–C) groups is 1. The highest BCUT2D eigenvalue weighted by molar-refractivity contribution is 14.0. The van der Waals surface area contributed by atoms with Crippen molar-refractivity contribution >= 4 is 35.8 Å². The van der Waals surface area contributed by atoms with Crippen molar-refractivity contribution in [1.82, 2.24) is 20.4 Å². The Morgan fingerprint density at radius 1 is 0.893 bits per heavy atom. The normalized spacial score (nSPS) is 23.3. The smallest absolute Gasteiger partial charge is 0.243 e. The Bertz CT molecular complexity index is 493. The van der Waals surface area contributed by atoms with Crippen molar-refractivity contribution < 1.29 is 4.79 Å². The predicted octanol–water partition coefficient (Wildman–Crippen LogP) is 2.97. The van der Waals surface area contributed by atoms with Crippen LogP contribution < -0.4 is 10.6 Å². The van der Waals surface area contributed by atoms with Gasteiger partial charge in [-0.2, -0.15) is 0 Å². The molecule has 1 heterocycles. The molecule has 2 aliphatic carbocycles. The minimum atomic E-state index is 0. The van der Waals surface area contributed by atoms with Crippen LogP contribution in [-0.2, 0) is 4.79 Å². The van der Waals surface area contributed by atoms with Gasteiger partial charge < -0.3 is 20.4 Å². The average Bonchev–Trinajstić information content (AvgIpc) is 3.22. The number of halogens is 1. The van der Waals surface area contributed by atoms with Crippen molar-refractivity contribution in [2.75, 3.05) is 33.7 Å². The Morgan fingerprint density at radius 2 is 1.43 bits per heavy atom. The topological polar surface area (TPSA) is 60.0 Å². The van der Waals surface area contributed by atoms with Gasteiger partial charge in [0, 0.05) is 45.3 Å². The zero-order valence-corrected chi connectivity index (χ0v) is 20.1. The molecule has 0 unspecified atom stereocenters. The first-order valence-corrected chi connectivity index (χ1v) is 11.1. The lowest BCUT2D eigenvalue weighted by molar-refractivity contribution is -0.127. The van der Waals surface area contributed by atoms with Crippen LogP contribution in [0.15, 0.2) is 4.99 Å². The summed E-state index contributed by atoms with van der Waals surface area (Å²) in [6.07, 6.45) is 14.3. The lowest BCUT2D eigenvalue weighted by atomic mass is 9.95. The number of nitrogens with one attached hydrogen (secondary N) is 2. The van der Waals surface area contributed by atoms with E-state index >= 15 is 0 Å². The number of guanidine groups is 1. The van der Waals surface area contributed by atoms with E-state index in [0.717, 1.165) is 12.0 Å². The number of hydrogen-bond acceptors (Lipinski definition) is 3. The van der Waals surface area contributed by atoms with Gasteiger partial charge in [0.1, 0.15) is 6.54 Å². The molecule has 0 spiro atoms. The molecule has 0 radical (unpaired) electrons. The van der Waals surface area contributed by atoms with Gasteiger partial charge in [0.25, 0.3) is 0 Å². The fourth-order valence-corrected chi connectivity index (χ4v) is 4.73. The van der Waals surface area contributed by atoms with E-state index in [1.165, 1.54) is 83.7 Å². The largest absolute Gasteiger partial charge is 0.354 e. The molecule has 6 nitrogen and oxygen atoms in total. The van der Waals surface area contributed by atoms with Crippen LogP contribution in [0.2, 0.25) is 0 Å². The highest BCUT2D eigenvalue weighted by Crippen LogP contribution is 2.26. The van der Waals surface area contributed by atoms with Gasteiger partial charge in [-0.25, -0.2) is 4.99 Å². The summed E-state index contributed by atoms with van der Waals surface area (Å²) in [5.41, 5.74) is 0. The van der Waals surface area contributed by atoms with Crippen LogP contribution >= 0.6 is 24.0 Å². The SMILES string of the molecule is CN(C)C(=O)CN=C(NC1CCCCC1)NC1CCN(C2CCCC2)CC1.I. The van der Waals surface area contributed by atoms with E-state index in [9.17, 15) is 4.79 Å². The maximum absolute atomic E-state index is 12.0. The maximum atomic E-state index is 12.0. The Hall–Kier alpha value is -0.570. The van der Waals surface area contributed by atoms with E-state index in [1.54, 1.807) is 19.0 Å². The highest BCUT2D eigenvalue weighted by atomic mass is 127. The van der Waals surface area contributed by atoms with Gasteiger partial charge in [0.2, 0.25) is 5.91 Å². The minimum absolute atomic E-state index is 0. The van der Waals surface area contributed by atoms with Gasteiger partial charge in [-0.05, 0) is 38.5 Å². The van der Waals surface area contributed by atoms with Gasteiger partial charge in [0.15, 0.2) is 5.96 Å². The van der Waals surface area contributed by atoms with Crippen LogP contribution in [0.5, 0.6) is 0 Å². The standard InChI is InChI=1S/C21H39N5O.HI/c1-25(2)20(27)16-22-21(23-17-8-4-3-5-9-17)24-18-12-14-26(15-13-18)19-10-6-7-11-19;/h17-19H,3-16H2,1-2H3,(H2,22,23,24);1H. The van der Waals surface area contributed by atoms with Crippen molar-refractivity contribution in [2.24, 2.45) is 4.99 Å². The van der Waals surface area contributed by atoms with E-state index in [-0.39, 0.29) is 36.4 Å². The summed E-state index contributed by atoms with van der Waals surface area (Å²) in [6.45, 7) is 2.60. The summed E-state index contributed by atoms with van der Waals surface area (Å²) < 4.78 is 0. The predicted molar refractivity (Wildman–Crippen MR) is 126 cm³/mol. The molecule has 3 rings (SSSR count). The molecular weight excluding hydrogens is 465 g/mol. The number of hydrogen-bond donors (Lipinski definition) is 2. The van der Waals surface area contributed by atoms with Crippen LogP contribution in [0.25, 0.3) is 0 Å². The number of carbonyl (C=O) groups is 1. The first-order valence-electron chi connectivity index (χ1n) is 11.1. The van der Waals surface area contributed by atoms with E-state index in [1.807, 2.05) is 0 Å². The van der Waals surface area contributed by atoms with E-state index < -0.39 is 0 Å². The molecule has 1 saturated heterocycles. The van der Waals surface area contributed by atoms with Crippen molar-refractivity contribution in [3.8, 4) is 0 Å². The molecule has 0 aromatic rings. The second kappa shape index (κ2) is 12.2. The lowest BCUT2D eigenvalue weighted by Gasteiger charge is -2.37. The van der Waals surface area contributed by atoms with Crippen LogP contribution in [0.3, 0.4) is 0 Å². The molecule has 162 valence electrons. The Morgan fingerprint density at radius 3 is 2.00 bits per heavy atom. The highest BCUT2D eigenvalue weighted by Gasteiger charge is 2.27. The molecule has 3 aliphatic rings. The molecule has 28 heavy (non-hydrogen) atoms. The summed E-state index contributed by atoms with van der Waals surface area (Å²) in [5.74, 6) is 0.896. The van der Waals surface area contributed by atoms with Gasteiger partial charge >= 0.3 is 0 Å². The number of rotatable bonds is 5. The first-order chi connectivity index (χ1) is 13.1. The molecule has 3 fully saturated rings. The lowest BCUT2D eigenvalue weighted by Crippen LogP contribution is -2.52. The minimum Gasteiger partial charge on any atom is -0.354 e. The second-order valence-corrected chi connectivity index (χ2v) is 8.83. The van der Waals surface area contributed by atoms with Crippen LogP contribution in [-0.4, -0.2) is 73.5 Å². The molecule has 2 N–H and O–H groups in total. The summed E-state index contributed by atoms with van der Waals surface area (Å²) >= 11 is 0. The van der Waals surface area contributed by atoms with Gasteiger partial charge in [-0.3, -0.25) is 4.79 Å². The molecule has 7 heteroatoms. The number of amides is 1.